The molecule has 2 aliphatic heterocycles. The normalized spacial score (nSPS) is 15.9. The molecule has 0 atom stereocenters. The first-order valence-corrected chi connectivity index (χ1v) is 9.08. The summed E-state index contributed by atoms with van der Waals surface area (Å²) < 4.78 is 2.78. The minimum absolute atomic E-state index is 0.129. The smallest absolute Gasteiger partial charge is 0.267 e. The lowest BCUT2D eigenvalue weighted by Crippen LogP contribution is -2.37. The van der Waals surface area contributed by atoms with Gasteiger partial charge in [-0.15, -0.1) is 0 Å². The maximum Gasteiger partial charge on any atom is 0.352 e. The van der Waals surface area contributed by atoms with Crippen LogP contribution in [0.2, 0.25) is 0 Å². The Hall–Kier alpha value is -2.83. The zero-order valence-corrected chi connectivity index (χ0v) is 14.8. The summed E-state index contributed by atoms with van der Waals surface area (Å²) in [5.41, 5.74) is 0.0399. The number of rotatable bonds is 2. The third-order valence-electron chi connectivity index (χ3n) is 5.05. The first kappa shape index (κ1) is 16.6. The maximum absolute atomic E-state index is 12.7. The van der Waals surface area contributed by atoms with Gasteiger partial charge in [0.25, 0.3) is 5.56 Å². The fraction of sp³-hybridized carbons (Fsp3) is 0.421. The van der Waals surface area contributed by atoms with Crippen molar-refractivity contribution in [1.29, 1.82) is 0 Å². The lowest BCUT2D eigenvalue weighted by molar-refractivity contribution is 0.396. The van der Waals surface area contributed by atoms with Crippen LogP contribution >= 0.6 is 0 Å². The van der Waals surface area contributed by atoms with E-state index < -0.39 is 11.2 Å². The van der Waals surface area contributed by atoms with Gasteiger partial charge in [-0.3, -0.25) is 9.36 Å². The van der Waals surface area contributed by atoms with Crippen molar-refractivity contribution in [2.75, 3.05) is 0 Å². The number of fused-ring (bicyclic) bond motifs is 1. The number of benzene rings is 1. The van der Waals surface area contributed by atoms with Crippen LogP contribution in [0.1, 0.15) is 44.6 Å². The van der Waals surface area contributed by atoms with E-state index in [-0.39, 0.29) is 11.7 Å². The molecule has 1 saturated carbocycles. The second-order valence-electron chi connectivity index (χ2n) is 6.82. The van der Waals surface area contributed by atoms with Gasteiger partial charge in [-0.25, -0.2) is 14.5 Å². The Bertz CT molecular complexity index is 1000. The summed E-state index contributed by atoms with van der Waals surface area (Å²) in [6, 6.07) is 9.71. The molecule has 0 unspecified atom stereocenters. The molecule has 2 heterocycles. The molecule has 1 fully saturated rings. The summed E-state index contributed by atoms with van der Waals surface area (Å²) in [6.07, 6.45) is 6.56. The van der Waals surface area contributed by atoms with E-state index in [9.17, 15) is 9.59 Å². The predicted molar refractivity (Wildman–Crippen MR) is 98.1 cm³/mol. The number of nitrogens with zero attached hydrogens (tertiary/aromatic N) is 5. The van der Waals surface area contributed by atoms with Crippen molar-refractivity contribution in [2.24, 2.45) is 7.05 Å². The highest BCUT2D eigenvalue weighted by Crippen LogP contribution is 2.30. The van der Waals surface area contributed by atoms with Crippen LogP contribution in [0.15, 0.2) is 39.9 Å². The van der Waals surface area contributed by atoms with Crippen LogP contribution < -0.4 is 11.2 Å². The lowest BCUT2D eigenvalue weighted by Gasteiger charge is -2.22. The van der Waals surface area contributed by atoms with E-state index in [0.717, 1.165) is 35.8 Å². The molecule has 0 aromatic heterocycles. The average Bonchev–Trinajstić information content (AvgIpc) is 2.96. The largest absolute Gasteiger partial charge is 0.352 e. The van der Waals surface area contributed by atoms with Crippen molar-refractivity contribution in [1.82, 2.24) is 24.3 Å². The second kappa shape index (κ2) is 6.82. The molecule has 0 N–H and O–H groups in total. The lowest BCUT2D eigenvalue weighted by atomic mass is 10.1. The molecule has 4 rings (SSSR count). The molecule has 1 aromatic carbocycles. The third-order valence-corrected chi connectivity index (χ3v) is 5.05. The Kier molecular flexibility index (Phi) is 4.36. The van der Waals surface area contributed by atoms with Crippen LogP contribution in [-0.2, 0) is 7.05 Å². The van der Waals surface area contributed by atoms with Crippen molar-refractivity contribution in [3.63, 3.8) is 0 Å². The molecule has 1 aliphatic carbocycles. The van der Waals surface area contributed by atoms with Crippen molar-refractivity contribution >= 4 is 0 Å². The van der Waals surface area contributed by atoms with Gasteiger partial charge >= 0.3 is 5.69 Å². The van der Waals surface area contributed by atoms with Crippen molar-refractivity contribution in [3.8, 4) is 22.9 Å². The zero-order chi connectivity index (χ0) is 18.1. The molecule has 134 valence electrons. The molecule has 0 radical (unpaired) electrons. The molecule has 1 aromatic rings. The summed E-state index contributed by atoms with van der Waals surface area (Å²) in [7, 11) is 1.43. The molecular formula is C19H21N5O2. The van der Waals surface area contributed by atoms with Crippen LogP contribution in [0.4, 0.5) is 0 Å². The number of aromatic nitrogens is 5. The molecular weight excluding hydrogens is 330 g/mol. The van der Waals surface area contributed by atoms with E-state index >= 15 is 0 Å². The quantitative estimate of drug-likeness (QED) is 0.662. The third kappa shape index (κ3) is 2.94. The fourth-order valence-electron chi connectivity index (χ4n) is 3.56. The Labute approximate surface area is 150 Å². The summed E-state index contributed by atoms with van der Waals surface area (Å²) >= 11 is 0. The van der Waals surface area contributed by atoms with Crippen LogP contribution in [0.25, 0.3) is 22.9 Å². The highest BCUT2D eigenvalue weighted by molar-refractivity contribution is 5.59. The van der Waals surface area contributed by atoms with Gasteiger partial charge in [0.15, 0.2) is 17.3 Å². The number of hydrogen-bond donors (Lipinski definition) is 0. The van der Waals surface area contributed by atoms with Crippen LogP contribution in [0.5, 0.6) is 0 Å². The SMILES string of the molecule is Cn1c(=O)nc2n(C3CCCCCC3)nc(-c3ccccc3)nc-2c1=O. The van der Waals surface area contributed by atoms with E-state index in [1.54, 1.807) is 4.68 Å². The highest BCUT2D eigenvalue weighted by Gasteiger charge is 2.25. The van der Waals surface area contributed by atoms with Crippen LogP contribution in [0, 0.1) is 0 Å². The van der Waals surface area contributed by atoms with E-state index in [4.69, 9.17) is 5.10 Å². The molecule has 26 heavy (non-hydrogen) atoms. The Morgan fingerprint density at radius 2 is 1.65 bits per heavy atom. The molecule has 0 amide bonds. The van der Waals surface area contributed by atoms with Gasteiger partial charge in [-0.2, -0.15) is 10.1 Å². The fourth-order valence-corrected chi connectivity index (χ4v) is 3.56. The van der Waals surface area contributed by atoms with Gasteiger partial charge in [-0.1, -0.05) is 56.0 Å². The second-order valence-corrected chi connectivity index (χ2v) is 6.82. The minimum atomic E-state index is -0.569. The van der Waals surface area contributed by atoms with Crippen LogP contribution in [0.3, 0.4) is 0 Å². The van der Waals surface area contributed by atoms with Gasteiger partial charge in [0.05, 0.1) is 6.04 Å². The number of hydrogen-bond acceptors (Lipinski definition) is 5. The molecule has 3 aliphatic rings. The Morgan fingerprint density at radius 3 is 2.35 bits per heavy atom. The highest BCUT2D eigenvalue weighted by atomic mass is 16.2. The first-order valence-electron chi connectivity index (χ1n) is 9.08. The van der Waals surface area contributed by atoms with Gasteiger partial charge in [-0.05, 0) is 12.8 Å². The Morgan fingerprint density at radius 1 is 0.962 bits per heavy atom. The van der Waals surface area contributed by atoms with Gasteiger partial charge in [0, 0.05) is 12.6 Å². The molecule has 7 heteroatoms. The predicted octanol–water partition coefficient (Wildman–Crippen LogP) is 2.40. The molecule has 7 nitrogen and oxygen atoms in total. The monoisotopic (exact) mass is 351 g/mol. The average molecular weight is 351 g/mol. The summed E-state index contributed by atoms with van der Waals surface area (Å²) in [5.74, 6) is 0.782. The van der Waals surface area contributed by atoms with Gasteiger partial charge in [0.1, 0.15) is 0 Å². The zero-order valence-electron chi connectivity index (χ0n) is 14.8. The van der Waals surface area contributed by atoms with Crippen molar-refractivity contribution in [3.05, 3.63) is 51.2 Å². The minimum Gasteiger partial charge on any atom is -0.267 e. The van der Waals surface area contributed by atoms with Crippen molar-refractivity contribution < 1.29 is 0 Å². The van der Waals surface area contributed by atoms with E-state index in [1.807, 2.05) is 30.3 Å². The van der Waals surface area contributed by atoms with Crippen molar-refractivity contribution in [2.45, 2.75) is 44.6 Å². The van der Waals surface area contributed by atoms with E-state index in [0.29, 0.717) is 11.6 Å². The summed E-state index contributed by atoms with van der Waals surface area (Å²) in [4.78, 5) is 33.3. The van der Waals surface area contributed by atoms with Crippen LogP contribution in [-0.4, -0.2) is 24.3 Å². The first-order chi connectivity index (χ1) is 12.6. The molecule has 0 bridgehead atoms. The van der Waals surface area contributed by atoms with Gasteiger partial charge in [0.2, 0.25) is 0 Å². The molecule has 0 spiro atoms. The Balaban J connectivity index is 1.98. The topological polar surface area (TPSA) is 82.7 Å². The maximum atomic E-state index is 12.7. The summed E-state index contributed by atoms with van der Waals surface area (Å²) in [5, 5.41) is 4.70. The standard InChI is InChI=1S/C19H21N5O2/c1-23-18(25)15-17(21-19(23)26)24(14-11-7-2-3-8-12-14)22-16(20-15)13-9-5-4-6-10-13/h4-6,9-10,14H,2-3,7-8,11-12H2,1H3. The van der Waals surface area contributed by atoms with E-state index in [1.165, 1.54) is 19.9 Å². The van der Waals surface area contributed by atoms with Gasteiger partial charge < -0.3 is 0 Å². The van der Waals surface area contributed by atoms with E-state index in [2.05, 4.69) is 9.97 Å². The summed E-state index contributed by atoms with van der Waals surface area (Å²) in [6.45, 7) is 0. The molecule has 0 saturated heterocycles.